The summed E-state index contributed by atoms with van der Waals surface area (Å²) in [7, 11) is -3.60. The third kappa shape index (κ3) is 3.30. The topological polar surface area (TPSA) is 101 Å². The molecular formula is C11H22NO4P. The van der Waals surface area contributed by atoms with Gasteiger partial charge in [-0.1, -0.05) is 20.3 Å². The lowest BCUT2D eigenvalue weighted by Gasteiger charge is -2.28. The van der Waals surface area contributed by atoms with Crippen molar-refractivity contribution in [3.8, 4) is 0 Å². The van der Waals surface area contributed by atoms with E-state index < -0.39 is 30.7 Å². The largest absolute Gasteiger partial charge is 0.481 e. The van der Waals surface area contributed by atoms with Crippen LogP contribution in [0, 0.1) is 11.8 Å². The van der Waals surface area contributed by atoms with Gasteiger partial charge in [0.15, 0.2) is 0 Å². The normalized spacial score (nSPS) is 30.2. The summed E-state index contributed by atoms with van der Waals surface area (Å²) in [4.78, 5) is 21.1. The maximum absolute atomic E-state index is 12.3. The van der Waals surface area contributed by atoms with Crippen molar-refractivity contribution in [2.24, 2.45) is 17.6 Å². The monoisotopic (exact) mass is 263 g/mol. The number of carbonyl (C=O) groups is 1. The summed E-state index contributed by atoms with van der Waals surface area (Å²) in [6, 6.07) is 0. The summed E-state index contributed by atoms with van der Waals surface area (Å²) in [6.45, 7) is 3.87. The average Bonchev–Trinajstić information content (AvgIpc) is 2.64. The highest BCUT2D eigenvalue weighted by molar-refractivity contribution is 7.59. The number of aliphatic carboxylic acids is 1. The van der Waals surface area contributed by atoms with Gasteiger partial charge in [0.05, 0.1) is 17.4 Å². The van der Waals surface area contributed by atoms with Crippen LogP contribution in [-0.4, -0.2) is 27.4 Å². The maximum Gasteiger partial charge on any atom is 0.307 e. The van der Waals surface area contributed by atoms with Crippen LogP contribution in [0.5, 0.6) is 0 Å². The predicted molar refractivity (Wildman–Crippen MR) is 66.0 cm³/mol. The lowest BCUT2D eigenvalue weighted by atomic mass is 10.1. The molecule has 0 amide bonds. The minimum Gasteiger partial charge on any atom is -0.481 e. The highest BCUT2D eigenvalue weighted by atomic mass is 31.2. The van der Waals surface area contributed by atoms with Crippen LogP contribution in [0.4, 0.5) is 0 Å². The fourth-order valence-electron chi connectivity index (χ4n) is 2.55. The van der Waals surface area contributed by atoms with Crippen molar-refractivity contribution >= 4 is 13.3 Å². The fourth-order valence-corrected chi connectivity index (χ4v) is 5.11. The number of hydrogen-bond acceptors (Lipinski definition) is 3. The SMILES string of the molecule is CC(C)C[C@H](N)P(=O)(O)[C@@H]1CCC[C@H]1C(=O)O. The van der Waals surface area contributed by atoms with Crippen molar-refractivity contribution in [2.45, 2.75) is 51.0 Å². The van der Waals surface area contributed by atoms with Gasteiger partial charge in [0, 0.05) is 0 Å². The van der Waals surface area contributed by atoms with Gasteiger partial charge in [0.1, 0.15) is 0 Å². The van der Waals surface area contributed by atoms with E-state index in [0.29, 0.717) is 25.7 Å². The molecule has 1 rings (SSSR count). The molecule has 0 heterocycles. The van der Waals surface area contributed by atoms with Crippen LogP contribution in [0.15, 0.2) is 0 Å². The van der Waals surface area contributed by atoms with E-state index in [4.69, 9.17) is 10.8 Å². The molecule has 100 valence electrons. The highest BCUT2D eigenvalue weighted by Crippen LogP contribution is 2.58. The van der Waals surface area contributed by atoms with E-state index in [0.717, 1.165) is 0 Å². The molecule has 0 aliphatic heterocycles. The van der Waals surface area contributed by atoms with Gasteiger partial charge >= 0.3 is 5.97 Å². The smallest absolute Gasteiger partial charge is 0.307 e. The fraction of sp³-hybridized carbons (Fsp3) is 0.909. The molecule has 1 unspecified atom stereocenters. The second kappa shape index (κ2) is 5.51. The van der Waals surface area contributed by atoms with E-state index in [9.17, 15) is 14.3 Å². The van der Waals surface area contributed by atoms with E-state index in [-0.39, 0.29) is 5.92 Å². The average molecular weight is 263 g/mol. The zero-order valence-corrected chi connectivity index (χ0v) is 11.3. The van der Waals surface area contributed by atoms with Gasteiger partial charge in [-0.2, -0.15) is 0 Å². The van der Waals surface area contributed by atoms with E-state index in [1.165, 1.54) is 0 Å². The third-order valence-electron chi connectivity index (χ3n) is 3.46. The molecule has 0 bridgehead atoms. The zero-order valence-electron chi connectivity index (χ0n) is 10.4. The molecule has 4 atom stereocenters. The summed E-state index contributed by atoms with van der Waals surface area (Å²) in [6.07, 6.45) is 2.13. The quantitative estimate of drug-likeness (QED) is 0.657. The Morgan fingerprint density at radius 2 is 2.06 bits per heavy atom. The molecule has 5 nitrogen and oxygen atoms in total. The van der Waals surface area contributed by atoms with Crippen molar-refractivity contribution in [1.29, 1.82) is 0 Å². The number of rotatable bonds is 5. The highest BCUT2D eigenvalue weighted by Gasteiger charge is 2.47. The standard InChI is InChI=1S/C11H22NO4P/c1-7(2)6-10(12)17(15,16)9-5-3-4-8(9)11(13)14/h7-10H,3-6,12H2,1-2H3,(H,13,14)(H,15,16)/t8-,9-,10-/m1/s1. The molecule has 1 aliphatic rings. The zero-order chi connectivity index (χ0) is 13.2. The lowest BCUT2D eigenvalue weighted by molar-refractivity contribution is -0.141. The van der Waals surface area contributed by atoms with Gasteiger partial charge in [-0.3, -0.25) is 9.36 Å². The van der Waals surface area contributed by atoms with E-state index in [1.54, 1.807) is 0 Å². The first-order chi connectivity index (χ1) is 7.76. The second-order valence-electron chi connectivity index (χ2n) is 5.31. The van der Waals surface area contributed by atoms with Gasteiger partial charge < -0.3 is 15.7 Å². The summed E-state index contributed by atoms with van der Waals surface area (Å²) in [5, 5.41) is 9.04. The Kier molecular flexibility index (Phi) is 4.76. The van der Waals surface area contributed by atoms with E-state index >= 15 is 0 Å². The first-order valence-electron chi connectivity index (χ1n) is 6.07. The molecule has 0 aromatic rings. The van der Waals surface area contributed by atoms with Gasteiger partial charge in [-0.25, -0.2) is 0 Å². The molecule has 4 N–H and O–H groups in total. The number of nitrogens with two attached hydrogens (primary N) is 1. The van der Waals surface area contributed by atoms with Gasteiger partial charge in [0.2, 0.25) is 7.37 Å². The second-order valence-corrected chi connectivity index (χ2v) is 7.98. The minimum atomic E-state index is -3.60. The maximum atomic E-state index is 12.3. The van der Waals surface area contributed by atoms with Crippen molar-refractivity contribution in [2.75, 3.05) is 0 Å². The first kappa shape index (κ1) is 14.7. The van der Waals surface area contributed by atoms with Crippen LogP contribution in [0.2, 0.25) is 0 Å². The molecule has 1 fully saturated rings. The molecule has 0 aromatic heterocycles. The van der Waals surface area contributed by atoms with E-state index in [1.807, 2.05) is 13.8 Å². The van der Waals surface area contributed by atoms with Crippen LogP contribution in [-0.2, 0) is 9.36 Å². The van der Waals surface area contributed by atoms with Gasteiger partial charge in [0.25, 0.3) is 0 Å². The third-order valence-corrected chi connectivity index (χ3v) is 6.19. The summed E-state index contributed by atoms with van der Waals surface area (Å²) in [5.41, 5.74) is 5.13. The Balaban J connectivity index is 2.81. The molecule has 6 heteroatoms. The Bertz CT molecular complexity index is 331. The molecular weight excluding hydrogens is 241 g/mol. The molecule has 1 aliphatic carbocycles. The van der Waals surface area contributed by atoms with Crippen LogP contribution in [0.3, 0.4) is 0 Å². The number of hydrogen-bond donors (Lipinski definition) is 3. The van der Waals surface area contributed by atoms with Crippen molar-refractivity contribution in [3.63, 3.8) is 0 Å². The summed E-state index contributed by atoms with van der Waals surface area (Å²) >= 11 is 0. The number of carboxylic acids is 1. The Morgan fingerprint density at radius 1 is 1.47 bits per heavy atom. The molecule has 0 aromatic carbocycles. The van der Waals surface area contributed by atoms with Crippen molar-refractivity contribution in [1.82, 2.24) is 0 Å². The van der Waals surface area contributed by atoms with Crippen LogP contribution >= 0.6 is 7.37 Å². The van der Waals surface area contributed by atoms with Gasteiger partial charge in [-0.05, 0) is 25.2 Å². The Labute approximate surface area is 102 Å². The number of carboxylic acid groups (broad SMARTS) is 1. The van der Waals surface area contributed by atoms with Crippen LogP contribution in [0.1, 0.15) is 39.5 Å². The Hall–Kier alpha value is -0.380. The summed E-state index contributed by atoms with van der Waals surface area (Å²) in [5.74, 6) is -2.25. The minimum absolute atomic E-state index is 0.232. The van der Waals surface area contributed by atoms with Crippen LogP contribution in [0.25, 0.3) is 0 Å². The molecule has 1 saturated carbocycles. The first-order valence-corrected chi connectivity index (χ1v) is 7.87. The molecule has 0 radical (unpaired) electrons. The van der Waals surface area contributed by atoms with Crippen molar-refractivity contribution < 1.29 is 19.4 Å². The van der Waals surface area contributed by atoms with Crippen molar-refractivity contribution in [3.05, 3.63) is 0 Å². The van der Waals surface area contributed by atoms with E-state index in [2.05, 4.69) is 0 Å². The molecule has 0 spiro atoms. The van der Waals surface area contributed by atoms with Gasteiger partial charge in [-0.15, -0.1) is 0 Å². The lowest BCUT2D eigenvalue weighted by Crippen LogP contribution is -2.32. The van der Waals surface area contributed by atoms with Crippen LogP contribution < -0.4 is 5.73 Å². The summed E-state index contributed by atoms with van der Waals surface area (Å²) < 4.78 is 12.3. The molecule has 0 saturated heterocycles. The Morgan fingerprint density at radius 3 is 2.53 bits per heavy atom. The predicted octanol–water partition coefficient (Wildman–Crippen LogP) is 1.84. The molecule has 17 heavy (non-hydrogen) atoms.